The molecule has 0 saturated heterocycles. The highest BCUT2D eigenvalue weighted by Gasteiger charge is 2.19. The van der Waals surface area contributed by atoms with Crippen molar-refractivity contribution in [3.63, 3.8) is 0 Å². The molecule has 1 aromatic rings. The minimum absolute atomic E-state index is 0.243. The quantitative estimate of drug-likeness (QED) is 0.660. The second kappa shape index (κ2) is 5.30. The second-order valence-corrected chi connectivity index (χ2v) is 5.24. The van der Waals surface area contributed by atoms with Gasteiger partial charge < -0.3 is 4.74 Å². The van der Waals surface area contributed by atoms with Crippen molar-refractivity contribution in [3.05, 3.63) is 28.5 Å². The molecule has 5 nitrogen and oxygen atoms in total. The van der Waals surface area contributed by atoms with E-state index < -0.39 is 11.6 Å². The van der Waals surface area contributed by atoms with E-state index in [1.807, 2.05) is 0 Å². The Hall–Kier alpha value is -1.69. The largest absolute Gasteiger partial charge is 0.456 e. The number of rotatable bonds is 2. The maximum Gasteiger partial charge on any atom is 0.341 e. The Morgan fingerprint density at radius 1 is 1.39 bits per heavy atom. The molecule has 0 aliphatic carbocycles. The van der Waals surface area contributed by atoms with Crippen LogP contribution in [-0.2, 0) is 9.53 Å². The van der Waals surface area contributed by atoms with Gasteiger partial charge in [-0.3, -0.25) is 14.9 Å². The van der Waals surface area contributed by atoms with Crippen molar-refractivity contribution in [2.45, 2.75) is 33.3 Å². The fourth-order valence-electron chi connectivity index (χ4n) is 1.22. The Labute approximate surface area is 111 Å². The molecule has 0 unspecified atom stereocenters. The van der Waals surface area contributed by atoms with Gasteiger partial charge in [-0.2, -0.15) is 0 Å². The minimum Gasteiger partial charge on any atom is -0.456 e. The molecule has 1 aromatic heterocycles. The summed E-state index contributed by atoms with van der Waals surface area (Å²) in [6.45, 7) is 6.71. The summed E-state index contributed by atoms with van der Waals surface area (Å²) in [5.41, 5.74) is 2.17. The van der Waals surface area contributed by atoms with E-state index in [9.17, 15) is 9.59 Å². The van der Waals surface area contributed by atoms with E-state index in [4.69, 9.17) is 17.0 Å². The van der Waals surface area contributed by atoms with Gasteiger partial charge in [0, 0.05) is 19.3 Å². The Balaban J connectivity index is 3.04. The molecule has 0 bridgehead atoms. The predicted octanol–water partition coefficient (Wildman–Crippen LogP) is 2.26. The van der Waals surface area contributed by atoms with E-state index in [1.165, 1.54) is 17.8 Å². The number of hydrogen-bond acceptors (Lipinski definition) is 4. The first-order chi connectivity index (χ1) is 8.19. The smallest absolute Gasteiger partial charge is 0.341 e. The van der Waals surface area contributed by atoms with Crippen LogP contribution in [0, 0.1) is 4.51 Å². The third-order valence-corrected chi connectivity index (χ3v) is 2.18. The predicted molar refractivity (Wildman–Crippen MR) is 70.5 cm³/mol. The van der Waals surface area contributed by atoms with E-state index in [-0.39, 0.29) is 11.5 Å². The Bertz CT molecular complexity index is 529. The standard InChI is InChI=1S/C12H16N2O3S/c1-8(15)13-14-6-5-10(18)9(7-14)11(16)17-12(2,3)4/h5-7H,1-4H3,(H,13,15). The highest BCUT2D eigenvalue weighted by molar-refractivity contribution is 7.71. The molecule has 0 saturated carbocycles. The fraction of sp³-hybridized carbons (Fsp3) is 0.417. The summed E-state index contributed by atoms with van der Waals surface area (Å²) >= 11 is 5.06. The van der Waals surface area contributed by atoms with Crippen molar-refractivity contribution in [2.75, 3.05) is 5.43 Å². The summed E-state index contributed by atoms with van der Waals surface area (Å²) in [6.07, 6.45) is 3.01. The molecule has 1 N–H and O–H groups in total. The summed E-state index contributed by atoms with van der Waals surface area (Å²) in [4.78, 5) is 22.8. The van der Waals surface area contributed by atoms with Gasteiger partial charge in [-0.25, -0.2) is 4.79 Å². The number of nitrogens with one attached hydrogen (secondary N) is 1. The zero-order chi connectivity index (χ0) is 13.9. The number of carbonyl (C=O) groups excluding carboxylic acids is 2. The lowest BCUT2D eigenvalue weighted by Crippen LogP contribution is -2.25. The number of ether oxygens (including phenoxy) is 1. The number of esters is 1. The van der Waals surface area contributed by atoms with Crippen LogP contribution in [0.4, 0.5) is 0 Å². The monoisotopic (exact) mass is 268 g/mol. The van der Waals surface area contributed by atoms with Crippen LogP contribution in [0.25, 0.3) is 0 Å². The van der Waals surface area contributed by atoms with E-state index >= 15 is 0 Å². The molecule has 0 aromatic carbocycles. The molecule has 1 amide bonds. The molecule has 0 aliphatic heterocycles. The summed E-state index contributed by atoms with van der Waals surface area (Å²) in [5.74, 6) is -0.751. The van der Waals surface area contributed by atoms with Crippen LogP contribution in [0.1, 0.15) is 38.1 Å². The van der Waals surface area contributed by atoms with Gasteiger partial charge in [0.2, 0.25) is 5.91 Å². The van der Waals surface area contributed by atoms with E-state index in [2.05, 4.69) is 5.43 Å². The molecule has 6 heteroatoms. The lowest BCUT2D eigenvalue weighted by Gasteiger charge is -2.19. The van der Waals surface area contributed by atoms with E-state index in [0.29, 0.717) is 4.51 Å². The normalized spacial score (nSPS) is 10.9. The van der Waals surface area contributed by atoms with E-state index in [0.717, 1.165) is 0 Å². The topological polar surface area (TPSA) is 60.3 Å². The first-order valence-electron chi connectivity index (χ1n) is 5.42. The van der Waals surface area contributed by atoms with Crippen molar-refractivity contribution in [3.8, 4) is 0 Å². The zero-order valence-corrected chi connectivity index (χ0v) is 11.6. The third kappa shape index (κ3) is 4.29. The molecular weight excluding hydrogens is 252 g/mol. The number of nitrogens with zero attached hydrogens (tertiary/aromatic N) is 1. The molecule has 18 heavy (non-hydrogen) atoms. The molecule has 0 spiro atoms. The molecular formula is C12H16N2O3S. The van der Waals surface area contributed by atoms with Gasteiger partial charge in [0.1, 0.15) is 5.60 Å². The Morgan fingerprint density at radius 3 is 2.50 bits per heavy atom. The molecule has 0 fully saturated rings. The first kappa shape index (κ1) is 14.4. The number of aromatic nitrogens is 1. The summed E-state index contributed by atoms with van der Waals surface area (Å²) < 4.78 is 6.99. The SMILES string of the molecule is CC(=O)Nn1ccc(=S)c(C(=O)OC(C)(C)C)c1. The van der Waals surface area contributed by atoms with Crippen LogP contribution in [0.2, 0.25) is 0 Å². The number of pyridine rings is 1. The molecule has 0 aliphatic rings. The average Bonchev–Trinajstić information content (AvgIpc) is 2.17. The van der Waals surface area contributed by atoms with Gasteiger partial charge >= 0.3 is 5.97 Å². The van der Waals surface area contributed by atoms with Crippen molar-refractivity contribution in [1.82, 2.24) is 4.68 Å². The van der Waals surface area contributed by atoms with Gasteiger partial charge in [0.15, 0.2) is 0 Å². The Kier molecular flexibility index (Phi) is 4.24. The first-order valence-corrected chi connectivity index (χ1v) is 5.83. The summed E-state index contributed by atoms with van der Waals surface area (Å²) in [5, 5.41) is 0. The van der Waals surface area contributed by atoms with Crippen LogP contribution in [0.3, 0.4) is 0 Å². The highest BCUT2D eigenvalue weighted by atomic mass is 32.1. The van der Waals surface area contributed by atoms with Gasteiger partial charge in [-0.1, -0.05) is 12.2 Å². The van der Waals surface area contributed by atoms with Crippen molar-refractivity contribution in [2.24, 2.45) is 0 Å². The van der Waals surface area contributed by atoms with Crippen LogP contribution < -0.4 is 5.43 Å². The van der Waals surface area contributed by atoms with Gasteiger partial charge in [0.25, 0.3) is 0 Å². The highest BCUT2D eigenvalue weighted by Crippen LogP contribution is 2.12. The van der Waals surface area contributed by atoms with Crippen molar-refractivity contribution < 1.29 is 14.3 Å². The number of hydrogen-bond donors (Lipinski definition) is 1. The van der Waals surface area contributed by atoms with Crippen LogP contribution in [0.5, 0.6) is 0 Å². The maximum absolute atomic E-state index is 11.9. The molecule has 1 heterocycles. The maximum atomic E-state index is 11.9. The molecule has 0 atom stereocenters. The third-order valence-electron chi connectivity index (χ3n) is 1.83. The summed E-state index contributed by atoms with van der Waals surface area (Å²) in [6, 6.07) is 1.56. The van der Waals surface area contributed by atoms with Crippen molar-refractivity contribution in [1.29, 1.82) is 0 Å². The number of amides is 1. The fourth-order valence-corrected chi connectivity index (χ4v) is 1.42. The van der Waals surface area contributed by atoms with Crippen LogP contribution >= 0.6 is 12.2 Å². The van der Waals surface area contributed by atoms with Gasteiger partial charge in [-0.15, -0.1) is 0 Å². The van der Waals surface area contributed by atoms with Crippen LogP contribution in [0.15, 0.2) is 18.5 Å². The number of carbonyl (C=O) groups is 2. The van der Waals surface area contributed by atoms with Gasteiger partial charge in [0.05, 0.1) is 10.1 Å². The lowest BCUT2D eigenvalue weighted by molar-refractivity contribution is -0.115. The Morgan fingerprint density at radius 2 is 2.00 bits per heavy atom. The van der Waals surface area contributed by atoms with E-state index in [1.54, 1.807) is 33.0 Å². The molecule has 0 radical (unpaired) electrons. The van der Waals surface area contributed by atoms with Crippen molar-refractivity contribution >= 4 is 24.1 Å². The van der Waals surface area contributed by atoms with Crippen LogP contribution in [-0.4, -0.2) is 22.2 Å². The van der Waals surface area contributed by atoms with Gasteiger partial charge in [-0.05, 0) is 26.8 Å². The molecule has 1 rings (SSSR count). The minimum atomic E-state index is -0.590. The lowest BCUT2D eigenvalue weighted by atomic mass is 10.2. The average molecular weight is 268 g/mol. The molecule has 98 valence electrons. The second-order valence-electron chi connectivity index (χ2n) is 4.80. The summed E-state index contributed by atoms with van der Waals surface area (Å²) in [7, 11) is 0. The zero-order valence-electron chi connectivity index (χ0n) is 10.8.